The molecule has 2 N–H and O–H groups in total. The molecular formula is C15H11BrClN3O2S. The van der Waals surface area contributed by atoms with Crippen molar-refractivity contribution < 1.29 is 4.79 Å². The van der Waals surface area contributed by atoms with Gasteiger partial charge in [-0.05, 0) is 40.2 Å². The van der Waals surface area contributed by atoms with Crippen molar-refractivity contribution in [2.45, 2.75) is 13.3 Å². The number of hydrogen-bond donors (Lipinski definition) is 1. The molecule has 0 aliphatic carbocycles. The van der Waals surface area contributed by atoms with E-state index in [1.54, 1.807) is 31.2 Å². The fourth-order valence-corrected chi connectivity index (χ4v) is 4.09. The molecule has 0 saturated carbocycles. The molecule has 3 rings (SSSR count). The average Bonchev–Trinajstić information content (AvgIpc) is 2.83. The molecule has 23 heavy (non-hydrogen) atoms. The highest BCUT2D eigenvalue weighted by Crippen LogP contribution is 2.37. The molecule has 118 valence electrons. The van der Waals surface area contributed by atoms with Crippen molar-refractivity contribution in [1.82, 2.24) is 9.78 Å². The number of Topliss-reactive ketones (excluding diaryl/α,β-unsaturated/α-hetero) is 1. The standard InChI is InChI=1S/C15H11BrClN3O2S/c1-2-9(21)12-10-11(14(18)23-13(10)16)15(22)20(19-12)8-5-3-7(17)4-6-8/h3-6H,2,18H2,1H3. The molecule has 0 fully saturated rings. The van der Waals surface area contributed by atoms with Crippen molar-refractivity contribution in [3.05, 3.63) is 49.1 Å². The monoisotopic (exact) mass is 411 g/mol. The Hall–Kier alpha value is -1.70. The fourth-order valence-electron chi connectivity index (χ4n) is 2.27. The van der Waals surface area contributed by atoms with E-state index in [2.05, 4.69) is 21.0 Å². The second kappa shape index (κ2) is 6.07. The molecule has 2 aromatic heterocycles. The Bertz CT molecular complexity index is 979. The second-order valence-corrected chi connectivity index (χ2v) is 7.62. The highest BCUT2D eigenvalue weighted by molar-refractivity contribution is 9.11. The summed E-state index contributed by atoms with van der Waals surface area (Å²) in [5.41, 5.74) is 6.36. The van der Waals surface area contributed by atoms with E-state index in [1.807, 2.05) is 0 Å². The molecule has 3 aromatic rings. The third-order valence-electron chi connectivity index (χ3n) is 3.39. The molecule has 0 unspecified atom stereocenters. The lowest BCUT2D eigenvalue weighted by Crippen LogP contribution is -2.24. The molecule has 0 aliphatic rings. The number of benzene rings is 1. The molecular weight excluding hydrogens is 402 g/mol. The average molecular weight is 413 g/mol. The highest BCUT2D eigenvalue weighted by Gasteiger charge is 2.22. The number of rotatable bonds is 3. The van der Waals surface area contributed by atoms with Gasteiger partial charge in [0.15, 0.2) is 5.78 Å². The van der Waals surface area contributed by atoms with Gasteiger partial charge in [0.25, 0.3) is 5.56 Å². The van der Waals surface area contributed by atoms with Gasteiger partial charge < -0.3 is 5.73 Å². The first-order valence-corrected chi connectivity index (χ1v) is 8.72. The van der Waals surface area contributed by atoms with Gasteiger partial charge in [0.05, 0.1) is 14.9 Å². The molecule has 0 radical (unpaired) electrons. The maximum absolute atomic E-state index is 12.8. The van der Waals surface area contributed by atoms with Crippen molar-refractivity contribution >= 4 is 60.4 Å². The Labute approximate surface area is 148 Å². The molecule has 8 heteroatoms. The first-order valence-electron chi connectivity index (χ1n) is 6.74. The van der Waals surface area contributed by atoms with E-state index in [9.17, 15) is 9.59 Å². The van der Waals surface area contributed by atoms with Crippen LogP contribution < -0.4 is 11.3 Å². The maximum Gasteiger partial charge on any atom is 0.282 e. The van der Waals surface area contributed by atoms with Crippen LogP contribution in [0.4, 0.5) is 5.00 Å². The summed E-state index contributed by atoms with van der Waals surface area (Å²) < 4.78 is 1.83. The summed E-state index contributed by atoms with van der Waals surface area (Å²) in [6.07, 6.45) is 0.281. The molecule has 2 heterocycles. The molecule has 0 bridgehead atoms. The van der Waals surface area contributed by atoms with Crippen LogP contribution in [0, 0.1) is 0 Å². The lowest BCUT2D eigenvalue weighted by molar-refractivity contribution is 0.0983. The summed E-state index contributed by atoms with van der Waals surface area (Å²) in [4.78, 5) is 25.1. The predicted molar refractivity (Wildman–Crippen MR) is 97.0 cm³/mol. The largest absolute Gasteiger partial charge is 0.390 e. The SMILES string of the molecule is CCC(=O)c1nn(-c2ccc(Cl)cc2)c(=O)c2c(N)sc(Br)c12. The third kappa shape index (κ3) is 2.69. The lowest BCUT2D eigenvalue weighted by atomic mass is 10.1. The van der Waals surface area contributed by atoms with Crippen LogP contribution in [-0.4, -0.2) is 15.6 Å². The minimum atomic E-state index is -0.366. The number of aromatic nitrogens is 2. The summed E-state index contributed by atoms with van der Waals surface area (Å²) in [7, 11) is 0. The smallest absolute Gasteiger partial charge is 0.282 e. The number of ketones is 1. The predicted octanol–water partition coefficient (Wildman–Crippen LogP) is 4.04. The molecule has 5 nitrogen and oxygen atoms in total. The van der Waals surface area contributed by atoms with Crippen LogP contribution in [0.2, 0.25) is 5.02 Å². The Morgan fingerprint density at radius 3 is 2.61 bits per heavy atom. The van der Waals surface area contributed by atoms with E-state index < -0.39 is 0 Å². The van der Waals surface area contributed by atoms with E-state index >= 15 is 0 Å². The molecule has 0 amide bonds. The number of nitrogen functional groups attached to an aromatic ring is 1. The summed E-state index contributed by atoms with van der Waals surface area (Å²) in [6, 6.07) is 6.65. The van der Waals surface area contributed by atoms with Gasteiger partial charge in [0.1, 0.15) is 10.7 Å². The Balaban J connectivity index is 2.42. The minimum absolute atomic E-state index is 0.156. The number of fused-ring (bicyclic) bond motifs is 1. The van der Waals surface area contributed by atoms with E-state index in [0.29, 0.717) is 30.3 Å². The van der Waals surface area contributed by atoms with Crippen LogP contribution in [0.5, 0.6) is 0 Å². The summed E-state index contributed by atoms with van der Waals surface area (Å²) >= 11 is 10.5. The first kappa shape index (κ1) is 16.2. The van der Waals surface area contributed by atoms with Crippen LogP contribution >= 0.6 is 38.9 Å². The number of carbonyl (C=O) groups excluding carboxylic acids is 1. The van der Waals surface area contributed by atoms with Gasteiger partial charge in [0, 0.05) is 16.8 Å². The van der Waals surface area contributed by atoms with Crippen molar-refractivity contribution in [3.8, 4) is 5.69 Å². The number of nitrogens with two attached hydrogens (primary N) is 1. The zero-order valence-corrected chi connectivity index (χ0v) is 15.1. The van der Waals surface area contributed by atoms with Gasteiger partial charge in [-0.25, -0.2) is 0 Å². The Morgan fingerprint density at radius 1 is 1.35 bits per heavy atom. The van der Waals surface area contributed by atoms with Crippen LogP contribution in [0.1, 0.15) is 23.8 Å². The zero-order valence-electron chi connectivity index (χ0n) is 12.0. The van der Waals surface area contributed by atoms with E-state index in [1.165, 1.54) is 16.0 Å². The second-order valence-electron chi connectivity index (χ2n) is 4.81. The summed E-state index contributed by atoms with van der Waals surface area (Å²) in [6.45, 7) is 1.75. The number of hydrogen-bond acceptors (Lipinski definition) is 5. The summed E-state index contributed by atoms with van der Waals surface area (Å²) in [5, 5.41) is 5.97. The number of thiophene rings is 1. The molecule has 0 atom stereocenters. The number of nitrogens with zero attached hydrogens (tertiary/aromatic N) is 2. The van der Waals surface area contributed by atoms with Gasteiger partial charge in [0.2, 0.25) is 0 Å². The van der Waals surface area contributed by atoms with Gasteiger partial charge in [-0.15, -0.1) is 11.3 Å². The number of anilines is 1. The Kier molecular flexibility index (Phi) is 4.27. The molecule has 0 saturated heterocycles. The minimum Gasteiger partial charge on any atom is -0.390 e. The van der Waals surface area contributed by atoms with Crippen LogP contribution in [0.3, 0.4) is 0 Å². The topological polar surface area (TPSA) is 78.0 Å². The lowest BCUT2D eigenvalue weighted by Gasteiger charge is -2.09. The van der Waals surface area contributed by atoms with E-state index in [4.69, 9.17) is 17.3 Å². The van der Waals surface area contributed by atoms with Crippen LogP contribution in [-0.2, 0) is 0 Å². The number of carbonyl (C=O) groups is 1. The van der Waals surface area contributed by atoms with Crippen molar-refractivity contribution in [2.75, 3.05) is 5.73 Å². The van der Waals surface area contributed by atoms with Crippen molar-refractivity contribution in [2.24, 2.45) is 0 Å². The van der Waals surface area contributed by atoms with Crippen LogP contribution in [0.15, 0.2) is 32.8 Å². The zero-order chi connectivity index (χ0) is 16.7. The highest BCUT2D eigenvalue weighted by atomic mass is 79.9. The first-order chi connectivity index (χ1) is 10.9. The Morgan fingerprint density at radius 2 is 2.00 bits per heavy atom. The van der Waals surface area contributed by atoms with Crippen LogP contribution in [0.25, 0.3) is 16.5 Å². The van der Waals surface area contributed by atoms with Crippen molar-refractivity contribution in [3.63, 3.8) is 0 Å². The van der Waals surface area contributed by atoms with E-state index in [0.717, 1.165) is 0 Å². The van der Waals surface area contributed by atoms with Gasteiger partial charge in [-0.3, -0.25) is 9.59 Å². The quantitative estimate of drug-likeness (QED) is 0.659. The molecule has 0 aliphatic heterocycles. The number of halogens is 2. The van der Waals surface area contributed by atoms with Crippen molar-refractivity contribution in [1.29, 1.82) is 0 Å². The third-order valence-corrected chi connectivity index (χ3v) is 5.33. The molecule has 1 aromatic carbocycles. The van der Waals surface area contributed by atoms with Gasteiger partial charge in [-0.2, -0.15) is 9.78 Å². The van der Waals surface area contributed by atoms with E-state index in [-0.39, 0.29) is 23.5 Å². The van der Waals surface area contributed by atoms with Gasteiger partial charge >= 0.3 is 0 Å². The van der Waals surface area contributed by atoms with Gasteiger partial charge in [-0.1, -0.05) is 18.5 Å². The maximum atomic E-state index is 12.8. The normalized spacial score (nSPS) is 11.1. The summed E-state index contributed by atoms with van der Waals surface area (Å²) in [5.74, 6) is -0.156. The molecule has 0 spiro atoms. The fraction of sp³-hybridized carbons (Fsp3) is 0.133.